The van der Waals surface area contributed by atoms with Crippen molar-refractivity contribution in [2.75, 3.05) is 73.1 Å². The molecule has 0 radical (unpaired) electrons. The summed E-state index contributed by atoms with van der Waals surface area (Å²) in [4.78, 5) is 0. The molecule has 1 unspecified atom stereocenters. The van der Waals surface area contributed by atoms with Gasteiger partial charge in [0.25, 0.3) is 0 Å². The van der Waals surface area contributed by atoms with Gasteiger partial charge < -0.3 is 48.5 Å². The maximum absolute atomic E-state index is 12.1. The van der Waals surface area contributed by atoms with Crippen molar-refractivity contribution in [1.82, 2.24) is 10.6 Å². The Labute approximate surface area is 355 Å². The monoisotopic (exact) mass is 872 g/mol. The van der Waals surface area contributed by atoms with E-state index in [0.29, 0.717) is 96.8 Å². The zero-order valence-electron chi connectivity index (χ0n) is 36.2. The van der Waals surface area contributed by atoms with Gasteiger partial charge in [0.2, 0.25) is 0 Å². The minimum absolute atomic E-state index is 0.0423. The molecule has 0 aromatic heterocycles. The highest BCUT2D eigenvalue weighted by atomic mass is 32.2. The lowest BCUT2D eigenvalue weighted by Gasteiger charge is -2.21. The lowest BCUT2D eigenvalue weighted by atomic mass is 10.1. The van der Waals surface area contributed by atoms with E-state index < -0.39 is 25.7 Å². The van der Waals surface area contributed by atoms with Crippen LogP contribution in [0.5, 0.6) is 46.0 Å². The predicted octanol–water partition coefficient (Wildman–Crippen LogP) is 7.01. The number of benzene rings is 4. The Bertz CT molecular complexity index is 2230. The average molecular weight is 873 g/mol. The number of nitrogens with one attached hydrogen (secondary N) is 2. The smallest absolute Gasteiger partial charge is 0.170 e. The molecule has 0 fully saturated rings. The Balaban J connectivity index is 0.000000320. The molecular weight excluding hydrogens is 813 g/mol. The van der Waals surface area contributed by atoms with Crippen LogP contribution in [0.1, 0.15) is 56.0 Å². The Kier molecular flexibility index (Phi) is 19.7. The molecule has 16 heteroatoms. The second-order valence-electron chi connectivity index (χ2n) is 13.2. The van der Waals surface area contributed by atoms with Gasteiger partial charge in [0.15, 0.2) is 55.8 Å². The topological polar surface area (TPSA) is 166 Å². The van der Waals surface area contributed by atoms with Gasteiger partial charge in [-0.2, -0.15) is 0 Å². The summed E-state index contributed by atoms with van der Waals surface area (Å²) in [5.74, 6) is 4.86. The molecule has 0 saturated carbocycles. The lowest BCUT2D eigenvalue weighted by molar-refractivity contribution is 0.310. The molecule has 60 heavy (non-hydrogen) atoms. The summed E-state index contributed by atoms with van der Waals surface area (Å²) in [6, 6.07) is 21.6. The van der Waals surface area contributed by atoms with Gasteiger partial charge in [-0.25, -0.2) is 16.8 Å². The molecule has 0 aliphatic carbocycles. The number of sulfone groups is 2. The second kappa shape index (κ2) is 24.1. The molecule has 4 aromatic rings. The second-order valence-corrected chi connectivity index (χ2v) is 17.3. The standard InChI is InChI=1S/C22H31NO6S.C22H29NO6S/c2*1-6-28-21-12-16(8-10-19(21)26-3)14-23-18(15-30(5,24)25)17-9-11-20(27-4)22(13-17)29-7-2/h8-13,18,23H,6-7,14-15H2,1-5H3;8-13,15,23H,6-7,14H2,1-5H3/b;18-15-. The van der Waals surface area contributed by atoms with Gasteiger partial charge >= 0.3 is 0 Å². The van der Waals surface area contributed by atoms with Crippen LogP contribution >= 0.6 is 0 Å². The van der Waals surface area contributed by atoms with E-state index in [1.54, 1.807) is 52.7 Å². The van der Waals surface area contributed by atoms with Crippen LogP contribution in [0.2, 0.25) is 0 Å². The van der Waals surface area contributed by atoms with Crippen LogP contribution in [0.15, 0.2) is 78.2 Å². The van der Waals surface area contributed by atoms with Crippen molar-refractivity contribution < 1.29 is 54.7 Å². The van der Waals surface area contributed by atoms with Crippen molar-refractivity contribution in [3.8, 4) is 46.0 Å². The predicted molar refractivity (Wildman–Crippen MR) is 236 cm³/mol. The van der Waals surface area contributed by atoms with Crippen LogP contribution in [-0.4, -0.2) is 90.0 Å². The Morgan fingerprint density at radius 2 is 0.967 bits per heavy atom. The van der Waals surface area contributed by atoms with Crippen LogP contribution in [0.3, 0.4) is 0 Å². The first-order valence-corrected chi connectivity index (χ1v) is 23.4. The third-order valence-electron chi connectivity index (χ3n) is 8.56. The molecule has 0 bridgehead atoms. The van der Waals surface area contributed by atoms with Gasteiger partial charge in [0, 0.05) is 37.2 Å². The minimum Gasteiger partial charge on any atom is -0.493 e. The maximum Gasteiger partial charge on any atom is 0.170 e. The fourth-order valence-corrected chi connectivity index (χ4v) is 7.49. The van der Waals surface area contributed by atoms with Crippen molar-refractivity contribution in [2.24, 2.45) is 0 Å². The molecular formula is C44H60N2O12S2. The molecule has 0 spiro atoms. The number of rotatable bonds is 23. The van der Waals surface area contributed by atoms with E-state index in [2.05, 4.69) is 10.6 Å². The van der Waals surface area contributed by atoms with Crippen LogP contribution in [0, 0.1) is 0 Å². The summed E-state index contributed by atoms with van der Waals surface area (Å²) in [5, 5.41) is 7.77. The van der Waals surface area contributed by atoms with E-state index in [9.17, 15) is 16.8 Å². The van der Waals surface area contributed by atoms with Crippen molar-refractivity contribution in [3.63, 3.8) is 0 Å². The van der Waals surface area contributed by atoms with E-state index >= 15 is 0 Å². The number of hydrogen-bond acceptors (Lipinski definition) is 14. The Morgan fingerprint density at radius 1 is 0.550 bits per heavy atom. The van der Waals surface area contributed by atoms with Gasteiger partial charge in [0.05, 0.1) is 71.7 Å². The first-order chi connectivity index (χ1) is 28.6. The van der Waals surface area contributed by atoms with Gasteiger partial charge in [-0.1, -0.05) is 18.2 Å². The van der Waals surface area contributed by atoms with E-state index in [-0.39, 0.29) is 5.75 Å². The van der Waals surface area contributed by atoms with Gasteiger partial charge in [0.1, 0.15) is 9.84 Å². The Morgan fingerprint density at radius 3 is 1.40 bits per heavy atom. The quantitative estimate of drug-likeness (QED) is 0.0782. The largest absolute Gasteiger partial charge is 0.493 e. The normalized spacial score (nSPS) is 12.0. The zero-order valence-corrected chi connectivity index (χ0v) is 37.9. The molecule has 1 atom stereocenters. The van der Waals surface area contributed by atoms with E-state index in [0.717, 1.165) is 22.9 Å². The summed E-state index contributed by atoms with van der Waals surface area (Å²) in [7, 11) is -0.297. The van der Waals surface area contributed by atoms with Gasteiger partial charge in [-0.05, 0) is 99.0 Å². The fourth-order valence-electron chi connectivity index (χ4n) is 5.93. The van der Waals surface area contributed by atoms with Crippen LogP contribution in [-0.2, 0) is 32.8 Å². The molecule has 2 N–H and O–H groups in total. The summed E-state index contributed by atoms with van der Waals surface area (Å²) in [5.41, 5.74) is 3.80. The number of methoxy groups -OCH3 is 4. The maximum atomic E-state index is 12.1. The van der Waals surface area contributed by atoms with Crippen molar-refractivity contribution >= 4 is 25.4 Å². The summed E-state index contributed by atoms with van der Waals surface area (Å²) >= 11 is 0. The van der Waals surface area contributed by atoms with E-state index in [1.807, 2.05) is 76.2 Å². The molecule has 0 heterocycles. The highest BCUT2D eigenvalue weighted by Crippen LogP contribution is 2.33. The first-order valence-electron chi connectivity index (χ1n) is 19.4. The molecule has 0 aliphatic heterocycles. The first kappa shape index (κ1) is 49.0. The third kappa shape index (κ3) is 15.7. The SMILES string of the molecule is CCOc1cc(CN/C(=C\S(C)(=O)=O)c2ccc(OC)c(OCC)c2)ccc1OC.CCOc1cc(CNC(CS(C)(=O)=O)c2ccc(OC)c(OCC)c2)ccc1OC. The third-order valence-corrected chi connectivity index (χ3v) is 10.2. The minimum atomic E-state index is -3.39. The van der Waals surface area contributed by atoms with Crippen molar-refractivity contribution in [2.45, 2.75) is 46.8 Å². The molecule has 4 rings (SSSR count). The highest BCUT2D eigenvalue weighted by molar-refractivity contribution is 7.93. The molecule has 0 amide bonds. The molecule has 330 valence electrons. The van der Waals surface area contributed by atoms with Gasteiger partial charge in [-0.15, -0.1) is 0 Å². The number of ether oxygens (including phenoxy) is 8. The fraction of sp³-hybridized carbons (Fsp3) is 0.409. The summed E-state index contributed by atoms with van der Waals surface area (Å²) in [6.07, 6.45) is 2.39. The Hall–Kier alpha value is -5.32. The van der Waals surface area contributed by atoms with Crippen LogP contribution in [0.4, 0.5) is 0 Å². The van der Waals surface area contributed by atoms with E-state index in [4.69, 9.17) is 37.9 Å². The van der Waals surface area contributed by atoms with Crippen molar-refractivity contribution in [3.05, 3.63) is 100 Å². The summed E-state index contributed by atoms with van der Waals surface area (Å²) in [6.45, 7) is 10.4. The molecule has 0 saturated heterocycles. The average Bonchev–Trinajstić information content (AvgIpc) is 3.21. The molecule has 14 nitrogen and oxygen atoms in total. The highest BCUT2D eigenvalue weighted by Gasteiger charge is 2.20. The number of hydrogen-bond donors (Lipinski definition) is 2. The van der Waals surface area contributed by atoms with Gasteiger partial charge in [-0.3, -0.25) is 0 Å². The van der Waals surface area contributed by atoms with Crippen LogP contribution < -0.4 is 48.5 Å². The van der Waals surface area contributed by atoms with E-state index in [1.165, 1.54) is 11.7 Å². The van der Waals surface area contributed by atoms with Crippen LogP contribution in [0.25, 0.3) is 5.70 Å². The zero-order chi connectivity index (χ0) is 44.3. The molecule has 0 aliphatic rings. The lowest BCUT2D eigenvalue weighted by Crippen LogP contribution is -2.27. The van der Waals surface area contributed by atoms with Crippen molar-refractivity contribution in [1.29, 1.82) is 0 Å². The summed E-state index contributed by atoms with van der Waals surface area (Å²) < 4.78 is 91.8. The molecule has 4 aromatic carbocycles.